The molecule has 0 amide bonds. The fourth-order valence-corrected chi connectivity index (χ4v) is 4.46. The van der Waals surface area contributed by atoms with E-state index < -0.39 is 6.10 Å². The van der Waals surface area contributed by atoms with E-state index in [0.29, 0.717) is 5.92 Å². The van der Waals surface area contributed by atoms with Crippen molar-refractivity contribution in [3.05, 3.63) is 36.0 Å². The largest absolute Gasteiger partial charge is 0.389 e. The zero-order valence-corrected chi connectivity index (χ0v) is 16.1. The molecule has 0 aliphatic carbocycles. The highest BCUT2D eigenvalue weighted by atomic mass is 16.6. The first-order valence-corrected chi connectivity index (χ1v) is 10.1. The Morgan fingerprint density at radius 3 is 2.82 bits per heavy atom. The summed E-state index contributed by atoms with van der Waals surface area (Å²) in [6, 6.07) is 7.80. The number of pyridine rings is 1. The third kappa shape index (κ3) is 3.14. The Kier molecular flexibility index (Phi) is 4.49. The minimum Gasteiger partial charge on any atom is -0.389 e. The zero-order valence-electron chi connectivity index (χ0n) is 16.1. The summed E-state index contributed by atoms with van der Waals surface area (Å²) in [6.07, 6.45) is 3.83. The van der Waals surface area contributed by atoms with Crippen molar-refractivity contribution in [2.24, 2.45) is 5.92 Å². The molecule has 0 radical (unpaired) electrons. The summed E-state index contributed by atoms with van der Waals surface area (Å²) in [4.78, 5) is 9.45. The first-order chi connectivity index (χ1) is 13.7. The number of benzene rings is 1. The van der Waals surface area contributed by atoms with Crippen LogP contribution in [0.2, 0.25) is 0 Å². The second-order valence-electron chi connectivity index (χ2n) is 8.02. The summed E-state index contributed by atoms with van der Waals surface area (Å²) in [5.41, 5.74) is 5.06. The van der Waals surface area contributed by atoms with Crippen molar-refractivity contribution < 1.29 is 9.74 Å². The number of aliphatic hydroxyl groups is 1. The molecule has 5 rings (SSSR count). The van der Waals surface area contributed by atoms with Crippen molar-refractivity contribution in [1.29, 1.82) is 0 Å². The maximum absolute atomic E-state index is 10.1. The van der Waals surface area contributed by atoms with Crippen LogP contribution in [-0.4, -0.2) is 58.0 Å². The number of aromatic nitrogens is 3. The summed E-state index contributed by atoms with van der Waals surface area (Å²) < 4.78 is 5.02. The van der Waals surface area contributed by atoms with Crippen LogP contribution < -0.4 is 4.90 Å². The van der Waals surface area contributed by atoms with Crippen LogP contribution in [0, 0.1) is 5.92 Å². The van der Waals surface area contributed by atoms with Gasteiger partial charge in [0, 0.05) is 42.9 Å². The van der Waals surface area contributed by atoms with E-state index in [1.54, 1.807) is 13.1 Å². The van der Waals surface area contributed by atoms with E-state index in [9.17, 15) is 5.11 Å². The molecule has 2 aliphatic heterocycles. The average molecular weight is 379 g/mol. The molecule has 146 valence electrons. The molecule has 0 spiro atoms. The molecular formula is C21H25N5O2. The Labute approximate surface area is 163 Å². The van der Waals surface area contributed by atoms with Crippen molar-refractivity contribution in [3.63, 3.8) is 0 Å². The lowest BCUT2D eigenvalue weighted by Crippen LogP contribution is -2.51. The fourth-order valence-electron chi connectivity index (χ4n) is 4.46. The normalized spacial score (nSPS) is 19.3. The monoisotopic (exact) mass is 379 g/mol. The molecule has 2 aliphatic rings. The van der Waals surface area contributed by atoms with Gasteiger partial charge in [0.15, 0.2) is 5.52 Å². The fraction of sp³-hybridized carbons (Fsp3) is 0.476. The van der Waals surface area contributed by atoms with Gasteiger partial charge in [-0.3, -0.25) is 4.98 Å². The summed E-state index contributed by atoms with van der Waals surface area (Å²) in [5, 5.41) is 18.3. The average Bonchev–Trinajstić information content (AvgIpc) is 3.35. The first kappa shape index (κ1) is 17.6. The van der Waals surface area contributed by atoms with Crippen LogP contribution >= 0.6 is 0 Å². The second kappa shape index (κ2) is 7.14. The van der Waals surface area contributed by atoms with Gasteiger partial charge in [0.2, 0.25) is 0 Å². The molecule has 2 saturated heterocycles. The third-order valence-corrected chi connectivity index (χ3v) is 5.92. The van der Waals surface area contributed by atoms with Gasteiger partial charge in [-0.25, -0.2) is 4.63 Å². The van der Waals surface area contributed by atoms with Gasteiger partial charge in [-0.2, -0.15) is 0 Å². The van der Waals surface area contributed by atoms with Gasteiger partial charge in [-0.1, -0.05) is 6.07 Å². The Morgan fingerprint density at radius 1 is 1.21 bits per heavy atom. The number of fused-ring (bicyclic) bond motifs is 1. The van der Waals surface area contributed by atoms with Gasteiger partial charge < -0.3 is 14.9 Å². The van der Waals surface area contributed by atoms with Gasteiger partial charge in [-0.15, -0.1) is 0 Å². The van der Waals surface area contributed by atoms with Crippen LogP contribution in [0.15, 0.2) is 35.1 Å². The van der Waals surface area contributed by atoms with Crippen LogP contribution in [0.25, 0.3) is 22.3 Å². The van der Waals surface area contributed by atoms with E-state index in [1.807, 2.05) is 18.2 Å². The van der Waals surface area contributed by atoms with E-state index in [-0.39, 0.29) is 0 Å². The molecule has 3 aromatic rings. The molecule has 0 saturated carbocycles. The summed E-state index contributed by atoms with van der Waals surface area (Å²) >= 11 is 0. The van der Waals surface area contributed by atoms with E-state index >= 15 is 0 Å². The van der Waals surface area contributed by atoms with Crippen LogP contribution in [0.1, 0.15) is 31.4 Å². The molecule has 1 atom stereocenters. The van der Waals surface area contributed by atoms with E-state index in [1.165, 1.54) is 32.5 Å². The molecule has 28 heavy (non-hydrogen) atoms. The second-order valence-corrected chi connectivity index (χ2v) is 8.02. The quantitative estimate of drug-likeness (QED) is 0.730. The molecule has 2 fully saturated rings. The minimum absolute atomic E-state index is 0.591. The number of hydrogen-bond acceptors (Lipinski definition) is 7. The zero-order chi connectivity index (χ0) is 19.1. The van der Waals surface area contributed by atoms with E-state index in [4.69, 9.17) is 4.63 Å². The third-order valence-electron chi connectivity index (χ3n) is 5.92. The highest BCUT2D eigenvalue weighted by Crippen LogP contribution is 2.36. The number of nitrogens with zero attached hydrogens (tertiary/aromatic N) is 5. The molecule has 0 bridgehead atoms. The van der Waals surface area contributed by atoms with E-state index in [0.717, 1.165) is 46.6 Å². The van der Waals surface area contributed by atoms with Crippen molar-refractivity contribution in [2.45, 2.75) is 25.9 Å². The van der Waals surface area contributed by atoms with Crippen LogP contribution in [0.5, 0.6) is 0 Å². The maximum Gasteiger partial charge on any atom is 0.158 e. The SMILES string of the molecule is CC(O)c1cccnc1-c1cc(N2CC(CN3CCCC3)C2)c2nonc2c1. The standard InChI is InChI=1S/C21H25N5O2/c1-14(27)17-5-4-6-22-20(17)16-9-18-21(24-28-23-18)19(10-16)26-12-15(13-26)11-25-7-2-3-8-25/h4-6,9-10,14-15,27H,2-3,7-8,11-13H2,1H3. The van der Waals surface area contributed by atoms with Crippen molar-refractivity contribution in [1.82, 2.24) is 20.2 Å². The van der Waals surface area contributed by atoms with Crippen molar-refractivity contribution >= 4 is 16.7 Å². The smallest absolute Gasteiger partial charge is 0.158 e. The number of aliphatic hydroxyl groups excluding tert-OH is 1. The predicted octanol–water partition coefficient (Wildman–Crippen LogP) is 2.87. The van der Waals surface area contributed by atoms with Gasteiger partial charge in [0.05, 0.1) is 17.5 Å². The molecule has 1 N–H and O–H groups in total. The van der Waals surface area contributed by atoms with Crippen LogP contribution in [-0.2, 0) is 0 Å². The molecule has 7 nitrogen and oxygen atoms in total. The van der Waals surface area contributed by atoms with Crippen LogP contribution in [0.3, 0.4) is 0 Å². The summed E-state index contributed by atoms with van der Waals surface area (Å²) in [6.45, 7) is 7.47. The Bertz CT molecular complexity index is 974. The van der Waals surface area contributed by atoms with Gasteiger partial charge in [0.1, 0.15) is 5.52 Å². The molecule has 7 heteroatoms. The van der Waals surface area contributed by atoms with Crippen molar-refractivity contribution in [2.75, 3.05) is 37.6 Å². The summed E-state index contributed by atoms with van der Waals surface area (Å²) in [7, 11) is 0. The minimum atomic E-state index is -0.591. The first-order valence-electron chi connectivity index (χ1n) is 10.1. The Balaban J connectivity index is 1.45. The Morgan fingerprint density at radius 2 is 2.04 bits per heavy atom. The molecule has 4 heterocycles. The highest BCUT2D eigenvalue weighted by Gasteiger charge is 2.31. The van der Waals surface area contributed by atoms with Crippen molar-refractivity contribution in [3.8, 4) is 11.3 Å². The maximum atomic E-state index is 10.1. The lowest BCUT2D eigenvalue weighted by atomic mass is 9.96. The highest BCUT2D eigenvalue weighted by molar-refractivity contribution is 5.93. The number of anilines is 1. The molecule has 2 aromatic heterocycles. The van der Waals surface area contributed by atoms with Gasteiger partial charge >= 0.3 is 0 Å². The molecule has 1 unspecified atom stereocenters. The number of hydrogen-bond donors (Lipinski definition) is 1. The molecular weight excluding hydrogens is 354 g/mol. The topological polar surface area (TPSA) is 78.5 Å². The van der Waals surface area contributed by atoms with Gasteiger partial charge in [-0.05, 0) is 61.4 Å². The lowest BCUT2D eigenvalue weighted by molar-refractivity contribution is 0.199. The predicted molar refractivity (Wildman–Crippen MR) is 107 cm³/mol. The lowest BCUT2D eigenvalue weighted by Gasteiger charge is -2.42. The van der Waals surface area contributed by atoms with E-state index in [2.05, 4.69) is 31.2 Å². The number of rotatable bonds is 5. The summed E-state index contributed by atoms with van der Waals surface area (Å²) in [5.74, 6) is 0.694. The van der Waals surface area contributed by atoms with Crippen LogP contribution in [0.4, 0.5) is 5.69 Å². The Hall–Kier alpha value is -2.51. The van der Waals surface area contributed by atoms with Gasteiger partial charge in [0.25, 0.3) is 0 Å². The number of likely N-dealkylation sites (tertiary alicyclic amines) is 1. The molecule has 1 aromatic carbocycles.